The third kappa shape index (κ3) is 3.10. The fourth-order valence-corrected chi connectivity index (χ4v) is 3.82. The maximum Gasteiger partial charge on any atom is 0.143 e. The van der Waals surface area contributed by atoms with Crippen LogP contribution in [0.3, 0.4) is 0 Å². The van der Waals surface area contributed by atoms with Crippen molar-refractivity contribution >= 4 is 5.69 Å². The van der Waals surface area contributed by atoms with Gasteiger partial charge in [0.15, 0.2) is 0 Å². The lowest BCUT2D eigenvalue weighted by atomic mass is 9.91. The Labute approximate surface area is 135 Å². The molecule has 1 saturated heterocycles. The fraction of sp³-hybridized carbons (Fsp3) is 0.684. The van der Waals surface area contributed by atoms with Gasteiger partial charge in [-0.1, -0.05) is 19.9 Å². The van der Waals surface area contributed by atoms with Gasteiger partial charge in [-0.25, -0.2) is 0 Å². The number of benzene rings is 1. The van der Waals surface area contributed by atoms with Crippen molar-refractivity contribution in [1.82, 2.24) is 5.32 Å². The van der Waals surface area contributed by atoms with Crippen molar-refractivity contribution in [3.8, 4) is 5.75 Å². The molecule has 0 spiro atoms. The van der Waals surface area contributed by atoms with Crippen molar-refractivity contribution in [3.63, 3.8) is 0 Å². The molecule has 3 heteroatoms. The van der Waals surface area contributed by atoms with Crippen LogP contribution in [0.15, 0.2) is 18.2 Å². The SMILES string of the molecule is CCC1(CC)CN(CC2CCNCC2)c2cc(C)ccc2O1. The first-order chi connectivity index (χ1) is 10.7. The van der Waals surface area contributed by atoms with E-state index in [1.54, 1.807) is 0 Å². The topological polar surface area (TPSA) is 24.5 Å². The Morgan fingerprint density at radius 2 is 1.95 bits per heavy atom. The van der Waals surface area contributed by atoms with Crippen molar-refractivity contribution < 1.29 is 4.74 Å². The smallest absolute Gasteiger partial charge is 0.143 e. The number of aryl methyl sites for hydroxylation is 1. The molecule has 22 heavy (non-hydrogen) atoms. The second-order valence-electron chi connectivity index (χ2n) is 7.04. The number of rotatable bonds is 4. The molecule has 0 bridgehead atoms. The molecule has 1 aromatic rings. The number of fused-ring (bicyclic) bond motifs is 1. The number of nitrogens with zero attached hydrogens (tertiary/aromatic N) is 1. The zero-order chi connectivity index (χ0) is 15.6. The Balaban J connectivity index is 1.87. The number of ether oxygens (including phenoxy) is 1. The standard InChI is InChI=1S/C19H30N2O/c1-4-19(5-2)14-21(13-16-8-10-20-11-9-16)17-12-15(3)6-7-18(17)22-19/h6-7,12,16,20H,4-5,8-11,13-14H2,1-3H3. The summed E-state index contributed by atoms with van der Waals surface area (Å²) in [5, 5.41) is 3.48. The van der Waals surface area contributed by atoms with E-state index in [4.69, 9.17) is 4.74 Å². The van der Waals surface area contributed by atoms with Gasteiger partial charge in [-0.3, -0.25) is 0 Å². The van der Waals surface area contributed by atoms with Crippen LogP contribution in [0.1, 0.15) is 45.1 Å². The summed E-state index contributed by atoms with van der Waals surface area (Å²) in [7, 11) is 0. The van der Waals surface area contributed by atoms with Crippen molar-refractivity contribution in [2.45, 2.75) is 52.1 Å². The molecule has 1 fully saturated rings. The predicted molar refractivity (Wildman–Crippen MR) is 92.9 cm³/mol. The second-order valence-corrected chi connectivity index (χ2v) is 7.04. The highest BCUT2D eigenvalue weighted by molar-refractivity contribution is 5.62. The van der Waals surface area contributed by atoms with Crippen LogP contribution in [0.2, 0.25) is 0 Å². The molecule has 3 rings (SSSR count). The normalized spacial score (nSPS) is 21.3. The summed E-state index contributed by atoms with van der Waals surface area (Å²) in [5.41, 5.74) is 2.60. The first kappa shape index (κ1) is 15.7. The highest BCUT2D eigenvalue weighted by Crippen LogP contribution is 2.40. The molecular formula is C19H30N2O. The Kier molecular flexibility index (Phi) is 4.62. The molecule has 0 unspecified atom stereocenters. The van der Waals surface area contributed by atoms with Crippen molar-refractivity contribution in [1.29, 1.82) is 0 Å². The van der Waals surface area contributed by atoms with Gasteiger partial charge in [0.2, 0.25) is 0 Å². The zero-order valence-corrected chi connectivity index (χ0v) is 14.3. The lowest BCUT2D eigenvalue weighted by molar-refractivity contribution is 0.0561. The van der Waals surface area contributed by atoms with Gasteiger partial charge < -0.3 is 15.0 Å². The number of hydrogen-bond donors (Lipinski definition) is 1. The molecular weight excluding hydrogens is 272 g/mol. The van der Waals surface area contributed by atoms with E-state index < -0.39 is 0 Å². The minimum atomic E-state index is -0.0187. The number of piperidine rings is 1. The second kappa shape index (κ2) is 6.49. The maximum absolute atomic E-state index is 6.44. The molecule has 1 aromatic carbocycles. The molecule has 0 amide bonds. The summed E-state index contributed by atoms with van der Waals surface area (Å²) in [6, 6.07) is 6.63. The average Bonchev–Trinajstić information content (AvgIpc) is 2.56. The van der Waals surface area contributed by atoms with Gasteiger partial charge in [0.05, 0.1) is 12.2 Å². The largest absolute Gasteiger partial charge is 0.483 e. The minimum absolute atomic E-state index is 0.0187. The summed E-state index contributed by atoms with van der Waals surface area (Å²) in [6.07, 6.45) is 4.73. The van der Waals surface area contributed by atoms with Crippen LogP contribution in [-0.2, 0) is 0 Å². The Morgan fingerprint density at radius 3 is 2.64 bits per heavy atom. The van der Waals surface area contributed by atoms with Crippen LogP contribution in [0.4, 0.5) is 5.69 Å². The van der Waals surface area contributed by atoms with E-state index in [9.17, 15) is 0 Å². The van der Waals surface area contributed by atoms with Crippen LogP contribution < -0.4 is 15.0 Å². The molecule has 0 atom stereocenters. The molecule has 0 radical (unpaired) electrons. The van der Waals surface area contributed by atoms with Crippen molar-refractivity contribution in [2.75, 3.05) is 31.1 Å². The highest BCUT2D eigenvalue weighted by Gasteiger charge is 2.37. The monoisotopic (exact) mass is 302 g/mol. The predicted octanol–water partition coefficient (Wildman–Crippen LogP) is 3.75. The van der Waals surface area contributed by atoms with Crippen LogP contribution >= 0.6 is 0 Å². The summed E-state index contributed by atoms with van der Waals surface area (Å²) >= 11 is 0. The van der Waals surface area contributed by atoms with E-state index in [1.807, 2.05) is 0 Å². The van der Waals surface area contributed by atoms with Gasteiger partial charge in [0.1, 0.15) is 11.4 Å². The van der Waals surface area contributed by atoms with Crippen LogP contribution in [0, 0.1) is 12.8 Å². The molecule has 122 valence electrons. The number of anilines is 1. The summed E-state index contributed by atoms with van der Waals surface area (Å²) in [6.45, 7) is 11.2. The van der Waals surface area contributed by atoms with Crippen LogP contribution in [0.5, 0.6) is 5.75 Å². The summed E-state index contributed by atoms with van der Waals surface area (Å²) in [4.78, 5) is 2.61. The number of hydrogen-bond acceptors (Lipinski definition) is 3. The minimum Gasteiger partial charge on any atom is -0.483 e. The van der Waals surface area contributed by atoms with Gasteiger partial charge in [0.25, 0.3) is 0 Å². The van der Waals surface area contributed by atoms with E-state index in [1.165, 1.54) is 43.7 Å². The first-order valence-corrected chi connectivity index (χ1v) is 8.91. The molecule has 2 aliphatic rings. The Hall–Kier alpha value is -1.22. The maximum atomic E-state index is 6.44. The van der Waals surface area contributed by atoms with E-state index in [-0.39, 0.29) is 5.60 Å². The van der Waals surface area contributed by atoms with Gasteiger partial charge in [-0.05, 0) is 69.3 Å². The lowest BCUT2D eigenvalue weighted by Gasteiger charge is -2.45. The van der Waals surface area contributed by atoms with Crippen LogP contribution in [0.25, 0.3) is 0 Å². The molecule has 0 aromatic heterocycles. The summed E-state index contributed by atoms with van der Waals surface area (Å²) < 4.78 is 6.44. The molecule has 1 N–H and O–H groups in total. The molecule has 0 aliphatic carbocycles. The van der Waals surface area contributed by atoms with E-state index in [2.05, 4.69) is 49.2 Å². The molecule has 0 saturated carbocycles. The fourth-order valence-electron chi connectivity index (χ4n) is 3.82. The molecule has 3 nitrogen and oxygen atoms in total. The van der Waals surface area contributed by atoms with Crippen molar-refractivity contribution in [3.05, 3.63) is 23.8 Å². The van der Waals surface area contributed by atoms with Crippen LogP contribution in [-0.4, -0.2) is 31.8 Å². The first-order valence-electron chi connectivity index (χ1n) is 8.91. The number of nitrogens with one attached hydrogen (secondary N) is 1. The van der Waals surface area contributed by atoms with E-state index in [0.29, 0.717) is 0 Å². The van der Waals surface area contributed by atoms with Gasteiger partial charge in [0, 0.05) is 6.54 Å². The Bertz CT molecular complexity index is 504. The lowest BCUT2D eigenvalue weighted by Crippen LogP contribution is -2.52. The third-order valence-electron chi connectivity index (χ3n) is 5.49. The van der Waals surface area contributed by atoms with E-state index >= 15 is 0 Å². The van der Waals surface area contributed by atoms with Crippen molar-refractivity contribution in [2.24, 2.45) is 5.92 Å². The quantitative estimate of drug-likeness (QED) is 0.916. The van der Waals surface area contributed by atoms with Gasteiger partial charge in [-0.2, -0.15) is 0 Å². The third-order valence-corrected chi connectivity index (χ3v) is 5.49. The van der Waals surface area contributed by atoms with E-state index in [0.717, 1.165) is 31.1 Å². The molecule has 2 aliphatic heterocycles. The molecule has 2 heterocycles. The van der Waals surface area contributed by atoms with Gasteiger partial charge in [-0.15, -0.1) is 0 Å². The van der Waals surface area contributed by atoms with Gasteiger partial charge >= 0.3 is 0 Å². The Morgan fingerprint density at radius 1 is 1.23 bits per heavy atom. The average molecular weight is 302 g/mol. The summed E-state index contributed by atoms with van der Waals surface area (Å²) in [5.74, 6) is 1.88. The zero-order valence-electron chi connectivity index (χ0n) is 14.3. The highest BCUT2D eigenvalue weighted by atomic mass is 16.5.